The van der Waals surface area contributed by atoms with Crippen LogP contribution < -0.4 is 5.32 Å². The maximum atomic E-state index is 13.1. The van der Waals surface area contributed by atoms with E-state index in [1.54, 1.807) is 0 Å². The van der Waals surface area contributed by atoms with E-state index in [2.05, 4.69) is 5.32 Å². The van der Waals surface area contributed by atoms with Crippen molar-refractivity contribution < 1.29 is 18.7 Å². The number of likely N-dealkylation sites (tertiary alicyclic amines) is 1. The van der Waals surface area contributed by atoms with Crippen LogP contribution >= 0.6 is 11.3 Å². The molecule has 2 aliphatic rings. The van der Waals surface area contributed by atoms with E-state index >= 15 is 0 Å². The standard InChI is InChI=1S/C22H25FN2O3S/c1-15-7-13-29-19(15)20(26)24-14-18-6-8-22(28-18)9-11-25(12-10-22)21(27)16-2-4-17(23)5-3-16/h2-5,7,13,18H,6,8-12,14H2,1H3,(H,24,26)/t18-/m0/s1. The summed E-state index contributed by atoms with van der Waals surface area (Å²) in [5, 5.41) is 4.92. The van der Waals surface area contributed by atoms with Crippen LogP contribution in [0.2, 0.25) is 0 Å². The number of aryl methyl sites for hydroxylation is 1. The molecule has 3 heterocycles. The van der Waals surface area contributed by atoms with E-state index in [1.165, 1.54) is 35.6 Å². The van der Waals surface area contributed by atoms with Crippen LogP contribution in [0.4, 0.5) is 4.39 Å². The third kappa shape index (κ3) is 4.36. The summed E-state index contributed by atoms with van der Waals surface area (Å²) >= 11 is 1.45. The van der Waals surface area contributed by atoms with Crippen molar-refractivity contribution in [1.82, 2.24) is 10.2 Å². The Morgan fingerprint density at radius 3 is 2.59 bits per heavy atom. The molecular weight excluding hydrogens is 391 g/mol. The largest absolute Gasteiger partial charge is 0.370 e. The number of benzene rings is 1. The molecule has 5 nitrogen and oxygen atoms in total. The zero-order valence-corrected chi connectivity index (χ0v) is 17.3. The predicted octanol–water partition coefficient (Wildman–Crippen LogP) is 3.78. The highest BCUT2D eigenvalue weighted by molar-refractivity contribution is 7.12. The number of rotatable bonds is 4. The van der Waals surface area contributed by atoms with Gasteiger partial charge in [-0.3, -0.25) is 9.59 Å². The van der Waals surface area contributed by atoms with E-state index in [0.29, 0.717) is 25.2 Å². The van der Waals surface area contributed by atoms with Crippen molar-refractivity contribution >= 4 is 23.2 Å². The van der Waals surface area contributed by atoms with Gasteiger partial charge in [-0.1, -0.05) is 0 Å². The summed E-state index contributed by atoms with van der Waals surface area (Å²) in [5.74, 6) is -0.444. The Kier molecular flexibility index (Phi) is 5.69. The molecule has 2 amide bonds. The monoisotopic (exact) mass is 416 g/mol. The quantitative estimate of drug-likeness (QED) is 0.825. The summed E-state index contributed by atoms with van der Waals surface area (Å²) in [6, 6.07) is 7.64. The summed E-state index contributed by atoms with van der Waals surface area (Å²) in [5.41, 5.74) is 1.31. The highest BCUT2D eigenvalue weighted by Crippen LogP contribution is 2.39. The molecule has 2 aromatic rings. The summed E-state index contributed by atoms with van der Waals surface area (Å²) < 4.78 is 19.4. The number of thiophene rings is 1. The van der Waals surface area contributed by atoms with Crippen LogP contribution in [0.1, 0.15) is 51.3 Å². The number of hydrogen-bond acceptors (Lipinski definition) is 4. The maximum Gasteiger partial charge on any atom is 0.261 e. The van der Waals surface area contributed by atoms with E-state index in [1.807, 2.05) is 23.3 Å². The molecule has 0 saturated carbocycles. The van der Waals surface area contributed by atoms with Crippen molar-refractivity contribution in [3.63, 3.8) is 0 Å². The Labute approximate surface area is 173 Å². The third-order valence-electron chi connectivity index (χ3n) is 5.95. The third-order valence-corrected chi connectivity index (χ3v) is 6.97. The minimum absolute atomic E-state index is 0.0126. The van der Waals surface area contributed by atoms with Gasteiger partial charge in [0.25, 0.3) is 11.8 Å². The summed E-state index contributed by atoms with van der Waals surface area (Å²) in [6.07, 6.45) is 3.45. The number of nitrogens with one attached hydrogen (secondary N) is 1. The average molecular weight is 417 g/mol. The van der Waals surface area contributed by atoms with Crippen LogP contribution in [0.15, 0.2) is 35.7 Å². The molecule has 1 aromatic carbocycles. The number of carbonyl (C=O) groups is 2. The number of piperidine rings is 1. The Morgan fingerprint density at radius 2 is 1.93 bits per heavy atom. The van der Waals surface area contributed by atoms with E-state index in [9.17, 15) is 14.0 Å². The molecule has 2 aliphatic heterocycles. The zero-order valence-electron chi connectivity index (χ0n) is 16.4. The predicted molar refractivity (Wildman–Crippen MR) is 110 cm³/mol. The average Bonchev–Trinajstić information content (AvgIpc) is 3.33. The Balaban J connectivity index is 1.27. The lowest BCUT2D eigenvalue weighted by Crippen LogP contribution is -2.47. The van der Waals surface area contributed by atoms with E-state index < -0.39 is 0 Å². The van der Waals surface area contributed by atoms with E-state index in [0.717, 1.165) is 36.1 Å². The zero-order chi connectivity index (χ0) is 20.4. The molecule has 0 aliphatic carbocycles. The molecule has 1 atom stereocenters. The molecule has 0 radical (unpaired) electrons. The topological polar surface area (TPSA) is 58.6 Å². The van der Waals surface area contributed by atoms with Gasteiger partial charge in [-0.2, -0.15) is 0 Å². The van der Waals surface area contributed by atoms with Crippen molar-refractivity contribution in [2.45, 2.75) is 44.3 Å². The highest BCUT2D eigenvalue weighted by Gasteiger charge is 2.43. The van der Waals surface area contributed by atoms with Gasteiger partial charge in [0.1, 0.15) is 5.82 Å². The second-order valence-corrected chi connectivity index (χ2v) is 8.82. The van der Waals surface area contributed by atoms with E-state index in [4.69, 9.17) is 4.74 Å². The lowest BCUT2D eigenvalue weighted by Gasteiger charge is -2.39. The molecule has 1 N–H and O–H groups in total. The minimum Gasteiger partial charge on any atom is -0.370 e. The van der Waals surface area contributed by atoms with Crippen LogP contribution in [0.5, 0.6) is 0 Å². The number of hydrogen-bond donors (Lipinski definition) is 1. The molecule has 2 fully saturated rings. The van der Waals surface area contributed by atoms with Crippen molar-refractivity contribution in [1.29, 1.82) is 0 Å². The lowest BCUT2D eigenvalue weighted by molar-refractivity contribution is -0.0712. The van der Waals surface area contributed by atoms with Gasteiger partial charge < -0.3 is 15.0 Å². The van der Waals surface area contributed by atoms with Gasteiger partial charge in [0.2, 0.25) is 0 Å². The summed E-state index contributed by atoms with van der Waals surface area (Å²) in [7, 11) is 0. The van der Waals surface area contributed by atoms with Crippen LogP contribution in [0.3, 0.4) is 0 Å². The van der Waals surface area contributed by atoms with Gasteiger partial charge in [-0.15, -0.1) is 11.3 Å². The summed E-state index contributed by atoms with van der Waals surface area (Å²) in [4.78, 5) is 27.5. The molecule has 29 heavy (non-hydrogen) atoms. The van der Waals surface area contributed by atoms with Crippen LogP contribution in [0.25, 0.3) is 0 Å². The molecule has 0 unspecified atom stereocenters. The van der Waals surface area contributed by atoms with Crippen molar-refractivity contribution in [3.05, 3.63) is 57.5 Å². The Morgan fingerprint density at radius 1 is 1.21 bits per heavy atom. The Bertz CT molecular complexity index is 888. The first-order valence-corrected chi connectivity index (χ1v) is 10.9. The number of amides is 2. The lowest BCUT2D eigenvalue weighted by atomic mass is 9.88. The normalized spacial score (nSPS) is 20.8. The van der Waals surface area contributed by atoms with Crippen molar-refractivity contribution in [3.8, 4) is 0 Å². The molecule has 0 bridgehead atoms. The maximum absolute atomic E-state index is 13.1. The fourth-order valence-corrected chi connectivity index (χ4v) is 5.03. The van der Waals surface area contributed by atoms with E-state index in [-0.39, 0.29) is 29.3 Å². The number of carbonyl (C=O) groups excluding carboxylic acids is 2. The first kappa shape index (κ1) is 20.0. The second-order valence-electron chi connectivity index (χ2n) is 7.90. The number of nitrogens with zero attached hydrogens (tertiary/aromatic N) is 1. The second kappa shape index (κ2) is 8.24. The SMILES string of the molecule is Cc1ccsc1C(=O)NC[C@@H]1CCC2(CCN(C(=O)c3ccc(F)cc3)CC2)O1. The molecule has 154 valence electrons. The van der Waals surface area contributed by atoms with Crippen molar-refractivity contribution in [2.24, 2.45) is 0 Å². The molecule has 1 aromatic heterocycles. The van der Waals surface area contributed by atoms with Gasteiger partial charge in [0.15, 0.2) is 0 Å². The first-order valence-electron chi connectivity index (χ1n) is 10.0. The molecular formula is C22H25FN2O3S. The molecule has 7 heteroatoms. The number of ether oxygens (including phenoxy) is 1. The molecule has 4 rings (SSSR count). The number of halogens is 1. The Hall–Kier alpha value is -2.25. The minimum atomic E-state index is -0.342. The summed E-state index contributed by atoms with van der Waals surface area (Å²) in [6.45, 7) is 3.71. The molecule has 2 saturated heterocycles. The fourth-order valence-electron chi connectivity index (χ4n) is 4.19. The first-order chi connectivity index (χ1) is 14.0. The van der Waals surface area contributed by atoms with Crippen LogP contribution in [-0.2, 0) is 4.74 Å². The van der Waals surface area contributed by atoms with Gasteiger partial charge in [0, 0.05) is 25.2 Å². The van der Waals surface area contributed by atoms with Crippen molar-refractivity contribution in [2.75, 3.05) is 19.6 Å². The van der Waals surface area contributed by atoms with Gasteiger partial charge in [-0.25, -0.2) is 4.39 Å². The fraction of sp³-hybridized carbons (Fsp3) is 0.455. The van der Waals surface area contributed by atoms with Gasteiger partial charge >= 0.3 is 0 Å². The van der Waals surface area contributed by atoms with Gasteiger partial charge in [-0.05, 0) is 73.9 Å². The van der Waals surface area contributed by atoms with Gasteiger partial charge in [0.05, 0.1) is 16.6 Å². The molecule has 1 spiro atoms. The van der Waals surface area contributed by atoms with Crippen LogP contribution in [0, 0.1) is 12.7 Å². The smallest absolute Gasteiger partial charge is 0.261 e. The highest BCUT2D eigenvalue weighted by atomic mass is 32.1. The van der Waals surface area contributed by atoms with Crippen LogP contribution in [-0.4, -0.2) is 48.1 Å².